The molecule has 3 rings (SSSR count). The van der Waals surface area contributed by atoms with Crippen LogP contribution in [0.15, 0.2) is 0 Å². The Labute approximate surface area is 156 Å². The highest BCUT2D eigenvalue weighted by atomic mass is 19.1. The van der Waals surface area contributed by atoms with Crippen LogP contribution in [0.2, 0.25) is 0 Å². The van der Waals surface area contributed by atoms with Crippen LogP contribution in [0.5, 0.6) is 0 Å². The van der Waals surface area contributed by atoms with E-state index in [0.717, 1.165) is 25.7 Å². The van der Waals surface area contributed by atoms with E-state index in [1.807, 2.05) is 0 Å². The summed E-state index contributed by atoms with van der Waals surface area (Å²) in [7, 11) is 0. The van der Waals surface area contributed by atoms with Crippen molar-refractivity contribution >= 4 is 0 Å². The Morgan fingerprint density at radius 3 is 2.23 bits per heavy atom. The minimum absolute atomic E-state index is 0.0876. The van der Waals surface area contributed by atoms with Crippen LogP contribution in [-0.4, -0.2) is 43.4 Å². The summed E-state index contributed by atoms with van der Waals surface area (Å²) < 4.78 is 46.9. The number of alkyl halides is 2. The molecule has 0 bridgehead atoms. The minimum atomic E-state index is -1.24. The maximum atomic E-state index is 15.0. The molecule has 3 aliphatic rings. The normalized spacial score (nSPS) is 41.9. The molecule has 2 saturated carbocycles. The number of ether oxygens (including phenoxy) is 3. The van der Waals surface area contributed by atoms with Crippen molar-refractivity contribution in [3.05, 3.63) is 0 Å². The Hall–Kier alpha value is -0.860. The summed E-state index contributed by atoms with van der Waals surface area (Å²) in [4.78, 5) is 0. The van der Waals surface area contributed by atoms with Crippen LogP contribution in [0.4, 0.5) is 8.78 Å². The van der Waals surface area contributed by atoms with Gasteiger partial charge in [0.2, 0.25) is 0 Å². The Morgan fingerprint density at radius 2 is 1.62 bits per heavy atom. The molecule has 8 atom stereocenters. The quantitative estimate of drug-likeness (QED) is 0.511. The van der Waals surface area contributed by atoms with Crippen molar-refractivity contribution in [2.24, 2.45) is 17.8 Å². The van der Waals surface area contributed by atoms with Gasteiger partial charge < -0.3 is 14.2 Å². The second-order valence-corrected chi connectivity index (χ2v) is 8.39. The second-order valence-electron chi connectivity index (χ2n) is 8.39. The zero-order valence-electron chi connectivity index (χ0n) is 16.1. The molecule has 1 saturated heterocycles. The molecule has 0 aromatic rings. The first kappa shape index (κ1) is 19.9. The molecule has 0 spiro atoms. The highest BCUT2D eigenvalue weighted by molar-refractivity contribution is 5.05. The van der Waals surface area contributed by atoms with Gasteiger partial charge in [-0.25, -0.2) is 8.78 Å². The maximum absolute atomic E-state index is 15.0. The van der Waals surface area contributed by atoms with Gasteiger partial charge in [-0.05, 0) is 56.3 Å². The predicted molar refractivity (Wildman–Crippen MR) is 96.0 cm³/mol. The Balaban J connectivity index is 1.56. The molecule has 26 heavy (non-hydrogen) atoms. The predicted octanol–water partition coefficient (Wildman–Crippen LogP) is 4.44. The molecule has 148 valence electrons. The van der Waals surface area contributed by atoms with Gasteiger partial charge in [0.1, 0.15) is 12.2 Å². The van der Waals surface area contributed by atoms with Crippen LogP contribution in [0.25, 0.3) is 0 Å². The van der Waals surface area contributed by atoms with Gasteiger partial charge in [0.25, 0.3) is 0 Å². The zero-order valence-corrected chi connectivity index (χ0v) is 16.1. The summed E-state index contributed by atoms with van der Waals surface area (Å²) in [5, 5.41) is 0. The van der Waals surface area contributed by atoms with Crippen LogP contribution >= 0.6 is 0 Å². The molecule has 2 aliphatic carbocycles. The fraction of sp³-hybridized carbons (Fsp3) is 0.905. The lowest BCUT2D eigenvalue weighted by Gasteiger charge is -2.37. The smallest absolute Gasteiger partial charge is 0.164 e. The molecule has 8 unspecified atom stereocenters. The average Bonchev–Trinajstić information content (AvgIpc) is 3.00. The molecule has 3 nitrogen and oxygen atoms in total. The average molecular weight is 370 g/mol. The first-order chi connectivity index (χ1) is 12.5. The monoisotopic (exact) mass is 370 g/mol. The van der Waals surface area contributed by atoms with Crippen LogP contribution in [0.1, 0.15) is 59.3 Å². The summed E-state index contributed by atoms with van der Waals surface area (Å²) >= 11 is 0. The Kier molecular flexibility index (Phi) is 6.80. The minimum Gasteiger partial charge on any atom is -0.440 e. The van der Waals surface area contributed by atoms with Gasteiger partial charge >= 0.3 is 0 Å². The summed E-state index contributed by atoms with van der Waals surface area (Å²) in [5.74, 6) is 3.45. The number of halogens is 2. The summed E-state index contributed by atoms with van der Waals surface area (Å²) in [6, 6.07) is 0. The Morgan fingerprint density at radius 1 is 1.00 bits per heavy atom. The summed E-state index contributed by atoms with van der Waals surface area (Å²) in [5.41, 5.74) is 0. The van der Waals surface area contributed by atoms with E-state index in [1.54, 1.807) is 6.92 Å². The number of fused-ring (bicyclic) bond motifs is 3. The first-order valence-corrected chi connectivity index (χ1v) is 10.2. The van der Waals surface area contributed by atoms with E-state index >= 15 is 4.39 Å². The molecule has 3 fully saturated rings. The van der Waals surface area contributed by atoms with Gasteiger partial charge in [0, 0.05) is 13.5 Å². The van der Waals surface area contributed by atoms with E-state index in [2.05, 4.69) is 25.9 Å². The fourth-order valence-electron chi connectivity index (χ4n) is 4.86. The van der Waals surface area contributed by atoms with Crippen molar-refractivity contribution in [2.75, 3.05) is 6.61 Å². The molecule has 0 radical (unpaired) electrons. The maximum Gasteiger partial charge on any atom is 0.164 e. The molecule has 0 N–H and O–H groups in total. The standard InChI is InChI=1S/C21H32F2O3/c1-4-11-24-16-9-7-14-15-8-10-17(25-12-5-6-13(2)3)19(23)21(15)26-20(14)18(16)22/h13-21H,5-10,12H2,1-3H3. The van der Waals surface area contributed by atoms with Crippen LogP contribution in [0, 0.1) is 29.8 Å². The van der Waals surface area contributed by atoms with Crippen molar-refractivity contribution in [1.29, 1.82) is 0 Å². The van der Waals surface area contributed by atoms with Crippen LogP contribution < -0.4 is 0 Å². The fourth-order valence-corrected chi connectivity index (χ4v) is 4.86. The van der Waals surface area contributed by atoms with Gasteiger partial charge in [0.05, 0.1) is 18.3 Å². The van der Waals surface area contributed by atoms with Crippen molar-refractivity contribution in [3.8, 4) is 12.0 Å². The van der Waals surface area contributed by atoms with Crippen molar-refractivity contribution in [2.45, 2.75) is 96.1 Å². The largest absolute Gasteiger partial charge is 0.440 e. The van der Waals surface area contributed by atoms with E-state index in [-0.39, 0.29) is 11.8 Å². The molecule has 0 aromatic carbocycles. The number of hydrogen-bond donors (Lipinski definition) is 0. The SMILES string of the molecule is CC#COC1CCC2C3CCC(OCCCC(C)C)C(F)C3OC2C1F. The lowest BCUT2D eigenvalue weighted by atomic mass is 9.71. The van der Waals surface area contributed by atoms with Crippen LogP contribution in [-0.2, 0) is 14.2 Å². The van der Waals surface area contributed by atoms with Gasteiger partial charge in [-0.3, -0.25) is 0 Å². The van der Waals surface area contributed by atoms with E-state index in [0.29, 0.717) is 25.4 Å². The zero-order chi connectivity index (χ0) is 18.7. The third-order valence-corrected chi connectivity index (χ3v) is 6.19. The Bertz CT molecular complexity index is 515. The molecular weight excluding hydrogens is 338 g/mol. The first-order valence-electron chi connectivity index (χ1n) is 10.2. The number of rotatable bonds is 6. The van der Waals surface area contributed by atoms with Crippen molar-refractivity contribution < 1.29 is 23.0 Å². The van der Waals surface area contributed by atoms with Gasteiger partial charge in [-0.15, -0.1) is 0 Å². The van der Waals surface area contributed by atoms with Crippen molar-refractivity contribution in [3.63, 3.8) is 0 Å². The lowest BCUT2D eigenvalue weighted by molar-refractivity contribution is -0.125. The molecule has 0 aromatic heterocycles. The highest BCUT2D eigenvalue weighted by Gasteiger charge is 2.57. The molecular formula is C21H32F2O3. The summed E-state index contributed by atoms with van der Waals surface area (Å²) in [6.45, 7) is 6.60. The highest BCUT2D eigenvalue weighted by Crippen LogP contribution is 2.49. The second kappa shape index (κ2) is 8.89. The molecule has 0 amide bonds. The molecule has 1 aliphatic heterocycles. The van der Waals surface area contributed by atoms with Crippen molar-refractivity contribution in [1.82, 2.24) is 0 Å². The van der Waals surface area contributed by atoms with Crippen LogP contribution in [0.3, 0.4) is 0 Å². The molecule has 5 heteroatoms. The summed E-state index contributed by atoms with van der Waals surface area (Å²) in [6.07, 6.45) is 3.04. The lowest BCUT2D eigenvalue weighted by Crippen LogP contribution is -2.45. The van der Waals surface area contributed by atoms with E-state index in [4.69, 9.17) is 14.2 Å². The van der Waals surface area contributed by atoms with Gasteiger partial charge in [-0.2, -0.15) is 0 Å². The number of hydrogen-bond acceptors (Lipinski definition) is 3. The third-order valence-electron chi connectivity index (χ3n) is 6.19. The molecule has 1 heterocycles. The van der Waals surface area contributed by atoms with E-state index < -0.39 is 36.8 Å². The van der Waals surface area contributed by atoms with E-state index in [9.17, 15) is 4.39 Å². The third kappa shape index (κ3) is 4.17. The van der Waals surface area contributed by atoms with E-state index in [1.165, 1.54) is 0 Å². The topological polar surface area (TPSA) is 27.7 Å². The van der Waals surface area contributed by atoms with Gasteiger partial charge in [0.15, 0.2) is 12.3 Å². The van der Waals surface area contributed by atoms with Gasteiger partial charge in [-0.1, -0.05) is 19.8 Å².